The molecule has 1 amide bonds. The molecule has 2 heteroatoms. The second kappa shape index (κ2) is 5.81. The fraction of sp³-hybridized carbons (Fsp3) is 0.154. The molecular formula is C13H15NO. The van der Waals surface area contributed by atoms with Gasteiger partial charge < -0.3 is 5.32 Å². The van der Waals surface area contributed by atoms with Crippen LogP contribution in [0.3, 0.4) is 0 Å². The lowest BCUT2D eigenvalue weighted by Gasteiger charge is -2.04. The molecule has 1 rings (SSSR count). The average molecular weight is 201 g/mol. The van der Waals surface area contributed by atoms with E-state index in [4.69, 9.17) is 0 Å². The Bertz CT molecular complexity index is 391. The van der Waals surface area contributed by atoms with Gasteiger partial charge in [-0.3, -0.25) is 4.79 Å². The number of para-hydroxylation sites is 1. The van der Waals surface area contributed by atoms with Gasteiger partial charge in [0.15, 0.2) is 0 Å². The summed E-state index contributed by atoms with van der Waals surface area (Å²) in [7, 11) is 0. The number of carbonyl (C=O) groups excluding carboxylic acids is 1. The molecule has 0 heterocycles. The number of carbonyl (C=O) groups is 1. The van der Waals surface area contributed by atoms with E-state index in [1.165, 1.54) is 6.08 Å². The van der Waals surface area contributed by atoms with Crippen molar-refractivity contribution in [2.75, 3.05) is 5.32 Å². The molecule has 0 saturated heterocycles. The minimum atomic E-state index is -0.109. The molecule has 0 aliphatic heterocycles. The molecule has 0 bridgehead atoms. The van der Waals surface area contributed by atoms with Crippen LogP contribution in [0.1, 0.15) is 12.5 Å². The minimum absolute atomic E-state index is 0.109. The molecule has 0 atom stereocenters. The van der Waals surface area contributed by atoms with E-state index in [9.17, 15) is 4.79 Å². The zero-order valence-electron chi connectivity index (χ0n) is 9.03. The predicted molar refractivity (Wildman–Crippen MR) is 63.8 cm³/mol. The van der Waals surface area contributed by atoms with Crippen molar-refractivity contribution in [1.29, 1.82) is 0 Å². The fourth-order valence-corrected chi connectivity index (χ4v) is 1.14. The monoisotopic (exact) mass is 201 g/mol. The highest BCUT2D eigenvalue weighted by Gasteiger charge is 1.98. The molecule has 0 aliphatic carbocycles. The first-order chi connectivity index (χ1) is 7.24. The number of amides is 1. The van der Waals surface area contributed by atoms with E-state index in [2.05, 4.69) is 5.32 Å². The maximum atomic E-state index is 11.4. The molecule has 1 aromatic carbocycles. The number of hydrogen-bond donors (Lipinski definition) is 1. The van der Waals surface area contributed by atoms with Crippen molar-refractivity contribution < 1.29 is 4.79 Å². The number of hydrogen-bond acceptors (Lipinski definition) is 1. The van der Waals surface area contributed by atoms with Crippen molar-refractivity contribution in [3.63, 3.8) is 0 Å². The highest BCUT2D eigenvalue weighted by molar-refractivity contribution is 5.99. The van der Waals surface area contributed by atoms with Crippen molar-refractivity contribution in [2.45, 2.75) is 13.8 Å². The SMILES string of the molecule is C/C=C/C=C/C(=O)Nc1ccccc1C. The lowest BCUT2D eigenvalue weighted by atomic mass is 10.2. The van der Waals surface area contributed by atoms with Crippen molar-refractivity contribution in [3.05, 3.63) is 54.1 Å². The molecular weight excluding hydrogens is 186 g/mol. The van der Waals surface area contributed by atoms with Crippen LogP contribution in [0.5, 0.6) is 0 Å². The summed E-state index contributed by atoms with van der Waals surface area (Å²) in [4.78, 5) is 11.4. The Hall–Kier alpha value is -1.83. The Balaban J connectivity index is 2.63. The largest absolute Gasteiger partial charge is 0.322 e. The smallest absolute Gasteiger partial charge is 0.248 e. The molecule has 0 unspecified atom stereocenters. The standard InChI is InChI=1S/C13H15NO/c1-3-4-5-10-13(15)14-12-9-7-6-8-11(12)2/h3-10H,1-2H3,(H,14,15)/b4-3+,10-5+. The summed E-state index contributed by atoms with van der Waals surface area (Å²) in [6, 6.07) is 7.70. The Morgan fingerprint density at radius 3 is 2.67 bits per heavy atom. The molecule has 78 valence electrons. The van der Waals surface area contributed by atoms with Crippen LogP contribution in [-0.2, 0) is 4.79 Å². The summed E-state index contributed by atoms with van der Waals surface area (Å²) >= 11 is 0. The summed E-state index contributed by atoms with van der Waals surface area (Å²) in [6.07, 6.45) is 6.91. The third-order valence-corrected chi connectivity index (χ3v) is 1.95. The first-order valence-electron chi connectivity index (χ1n) is 4.90. The van der Waals surface area contributed by atoms with Crippen LogP contribution in [0.4, 0.5) is 5.69 Å². The van der Waals surface area contributed by atoms with Crippen molar-refractivity contribution in [2.24, 2.45) is 0 Å². The van der Waals surface area contributed by atoms with E-state index >= 15 is 0 Å². The van der Waals surface area contributed by atoms with Gasteiger partial charge in [-0.2, -0.15) is 0 Å². The van der Waals surface area contributed by atoms with Gasteiger partial charge in [0.05, 0.1) is 0 Å². The summed E-state index contributed by atoms with van der Waals surface area (Å²) in [5, 5.41) is 2.81. The predicted octanol–water partition coefficient (Wildman–Crippen LogP) is 3.07. The van der Waals surface area contributed by atoms with E-state index in [0.717, 1.165) is 11.3 Å². The van der Waals surface area contributed by atoms with Gasteiger partial charge in [-0.1, -0.05) is 36.4 Å². The van der Waals surface area contributed by atoms with E-state index in [1.807, 2.05) is 50.3 Å². The molecule has 0 fully saturated rings. The lowest BCUT2D eigenvalue weighted by molar-refractivity contribution is -0.111. The Labute approximate surface area is 90.3 Å². The zero-order chi connectivity index (χ0) is 11.1. The van der Waals surface area contributed by atoms with E-state index in [1.54, 1.807) is 6.08 Å². The van der Waals surface area contributed by atoms with Gasteiger partial charge in [0.25, 0.3) is 0 Å². The second-order valence-corrected chi connectivity index (χ2v) is 3.19. The van der Waals surface area contributed by atoms with Gasteiger partial charge in [0.1, 0.15) is 0 Å². The van der Waals surface area contributed by atoms with Gasteiger partial charge in [-0.15, -0.1) is 0 Å². The van der Waals surface area contributed by atoms with Crippen LogP contribution in [0, 0.1) is 6.92 Å². The molecule has 0 radical (unpaired) electrons. The molecule has 0 saturated carbocycles. The minimum Gasteiger partial charge on any atom is -0.322 e. The lowest BCUT2D eigenvalue weighted by Crippen LogP contribution is -2.08. The third-order valence-electron chi connectivity index (χ3n) is 1.95. The van der Waals surface area contributed by atoms with E-state index < -0.39 is 0 Å². The highest BCUT2D eigenvalue weighted by atomic mass is 16.1. The normalized spacial score (nSPS) is 11.1. The zero-order valence-corrected chi connectivity index (χ0v) is 9.03. The van der Waals surface area contributed by atoms with Gasteiger partial charge in [-0.05, 0) is 25.5 Å². The molecule has 2 nitrogen and oxygen atoms in total. The third kappa shape index (κ3) is 3.81. The number of allylic oxidation sites excluding steroid dienone is 3. The van der Waals surface area contributed by atoms with Crippen LogP contribution >= 0.6 is 0 Å². The molecule has 0 spiro atoms. The molecule has 0 aromatic heterocycles. The van der Waals surface area contributed by atoms with Crippen molar-refractivity contribution in [3.8, 4) is 0 Å². The van der Waals surface area contributed by atoms with Crippen LogP contribution in [-0.4, -0.2) is 5.91 Å². The summed E-state index contributed by atoms with van der Waals surface area (Å²) in [6.45, 7) is 3.87. The molecule has 0 aliphatic rings. The number of rotatable bonds is 3. The van der Waals surface area contributed by atoms with Crippen LogP contribution in [0.15, 0.2) is 48.6 Å². The number of anilines is 1. The Kier molecular flexibility index (Phi) is 4.35. The molecule has 15 heavy (non-hydrogen) atoms. The number of benzene rings is 1. The Morgan fingerprint density at radius 2 is 2.00 bits per heavy atom. The average Bonchev–Trinajstić information content (AvgIpc) is 2.22. The van der Waals surface area contributed by atoms with Crippen LogP contribution in [0.2, 0.25) is 0 Å². The summed E-state index contributed by atoms with van der Waals surface area (Å²) in [5.74, 6) is -0.109. The molecule has 1 N–H and O–H groups in total. The number of nitrogens with one attached hydrogen (secondary N) is 1. The van der Waals surface area contributed by atoms with E-state index in [-0.39, 0.29) is 5.91 Å². The van der Waals surface area contributed by atoms with E-state index in [0.29, 0.717) is 0 Å². The highest BCUT2D eigenvalue weighted by Crippen LogP contribution is 2.12. The summed E-state index contributed by atoms with van der Waals surface area (Å²) < 4.78 is 0. The van der Waals surface area contributed by atoms with Gasteiger partial charge in [0.2, 0.25) is 5.91 Å². The maximum absolute atomic E-state index is 11.4. The van der Waals surface area contributed by atoms with Gasteiger partial charge >= 0.3 is 0 Å². The Morgan fingerprint density at radius 1 is 1.27 bits per heavy atom. The van der Waals surface area contributed by atoms with Crippen molar-refractivity contribution in [1.82, 2.24) is 0 Å². The van der Waals surface area contributed by atoms with Gasteiger partial charge in [0, 0.05) is 11.8 Å². The van der Waals surface area contributed by atoms with Crippen LogP contribution < -0.4 is 5.32 Å². The fourth-order valence-electron chi connectivity index (χ4n) is 1.14. The summed E-state index contributed by atoms with van der Waals surface area (Å²) in [5.41, 5.74) is 1.91. The van der Waals surface area contributed by atoms with Crippen LogP contribution in [0.25, 0.3) is 0 Å². The molecule has 1 aromatic rings. The quantitative estimate of drug-likeness (QED) is 0.591. The first kappa shape index (κ1) is 11.2. The topological polar surface area (TPSA) is 29.1 Å². The maximum Gasteiger partial charge on any atom is 0.248 e. The number of aryl methyl sites for hydroxylation is 1. The second-order valence-electron chi connectivity index (χ2n) is 3.19. The first-order valence-corrected chi connectivity index (χ1v) is 4.90. The van der Waals surface area contributed by atoms with Crippen molar-refractivity contribution >= 4 is 11.6 Å². The van der Waals surface area contributed by atoms with Gasteiger partial charge in [-0.25, -0.2) is 0 Å².